The zero-order chi connectivity index (χ0) is 15.4. The number of imide groups is 1. The van der Waals surface area contributed by atoms with Gasteiger partial charge < -0.3 is 4.90 Å². The molecular weight excluding hydrogens is 290 g/mol. The van der Waals surface area contributed by atoms with Crippen LogP contribution in [0.4, 0.5) is 0 Å². The molecule has 1 N–H and O–H groups in total. The van der Waals surface area contributed by atoms with Crippen LogP contribution in [0.25, 0.3) is 0 Å². The summed E-state index contributed by atoms with van der Waals surface area (Å²) in [6, 6.07) is 8.15. The highest BCUT2D eigenvalue weighted by atomic mass is 32.2. The predicted octanol–water partition coefficient (Wildman–Crippen LogP) is 0.789. The summed E-state index contributed by atoms with van der Waals surface area (Å²) in [5.74, 6) is -1.14. The summed E-state index contributed by atoms with van der Waals surface area (Å²) in [6.45, 7) is 1.42. The van der Waals surface area contributed by atoms with E-state index >= 15 is 0 Å². The number of carbonyl (C=O) groups excluding carboxylic acids is 3. The number of rotatable bonds is 3. The summed E-state index contributed by atoms with van der Waals surface area (Å²) < 4.78 is 0. The number of hydrogen-bond donors (Lipinski definition) is 1. The van der Waals surface area contributed by atoms with Crippen LogP contribution in [0.2, 0.25) is 0 Å². The number of benzene rings is 1. The van der Waals surface area contributed by atoms with E-state index in [-0.39, 0.29) is 18.2 Å². The summed E-state index contributed by atoms with van der Waals surface area (Å²) in [7, 11) is 0. The van der Waals surface area contributed by atoms with Crippen LogP contribution in [0.15, 0.2) is 29.2 Å². The Kier molecular flexibility index (Phi) is 4.60. The maximum absolute atomic E-state index is 12.6. The van der Waals surface area contributed by atoms with E-state index in [0.717, 1.165) is 0 Å². The molecule has 1 saturated heterocycles. The third-order valence-corrected chi connectivity index (χ3v) is 4.03. The first-order valence-electron chi connectivity index (χ1n) is 6.28. The standard InChI is InChI=1S/C14H13N3O3S/c1-9-13(19)16-12(18)8-17(9)14(20)10-4-2-3-5-11(10)21-7-6-15/h2-5,9H,7-8H2,1H3,(H,16,18,19). The molecule has 0 aromatic heterocycles. The lowest BCUT2D eigenvalue weighted by Crippen LogP contribution is -2.58. The Balaban J connectivity index is 2.29. The van der Waals surface area contributed by atoms with E-state index in [1.807, 2.05) is 6.07 Å². The Hall–Kier alpha value is -2.33. The normalized spacial score (nSPS) is 18.1. The van der Waals surface area contributed by atoms with Crippen LogP contribution in [-0.2, 0) is 9.59 Å². The summed E-state index contributed by atoms with van der Waals surface area (Å²) in [5, 5.41) is 10.8. The van der Waals surface area contributed by atoms with Gasteiger partial charge in [-0.3, -0.25) is 19.7 Å². The number of nitrogens with one attached hydrogen (secondary N) is 1. The minimum absolute atomic E-state index is 0.150. The Labute approximate surface area is 126 Å². The van der Waals surface area contributed by atoms with Crippen LogP contribution < -0.4 is 5.32 Å². The minimum Gasteiger partial charge on any atom is -0.318 e. The molecule has 6 nitrogen and oxygen atoms in total. The summed E-state index contributed by atoms with van der Waals surface area (Å²) in [5.41, 5.74) is 0.395. The van der Waals surface area contributed by atoms with Crippen LogP contribution in [0.3, 0.4) is 0 Å². The van der Waals surface area contributed by atoms with E-state index in [0.29, 0.717) is 10.5 Å². The van der Waals surface area contributed by atoms with E-state index in [1.165, 1.54) is 16.7 Å². The average Bonchev–Trinajstić information content (AvgIpc) is 2.48. The highest BCUT2D eigenvalue weighted by molar-refractivity contribution is 7.99. The van der Waals surface area contributed by atoms with E-state index in [2.05, 4.69) is 5.32 Å². The van der Waals surface area contributed by atoms with Gasteiger partial charge in [0.1, 0.15) is 12.6 Å². The van der Waals surface area contributed by atoms with Gasteiger partial charge in [-0.15, -0.1) is 11.8 Å². The first-order chi connectivity index (χ1) is 10.0. The van der Waals surface area contributed by atoms with E-state index in [1.54, 1.807) is 31.2 Å². The average molecular weight is 303 g/mol. The van der Waals surface area contributed by atoms with Crippen LogP contribution in [-0.4, -0.2) is 41.0 Å². The van der Waals surface area contributed by atoms with Crippen molar-refractivity contribution in [2.24, 2.45) is 0 Å². The number of amides is 3. The van der Waals surface area contributed by atoms with E-state index < -0.39 is 17.9 Å². The SMILES string of the molecule is CC1C(=O)NC(=O)CN1C(=O)c1ccccc1SCC#N. The van der Waals surface area contributed by atoms with Gasteiger partial charge in [0.15, 0.2) is 0 Å². The van der Waals surface area contributed by atoms with Crippen LogP contribution in [0.5, 0.6) is 0 Å². The molecule has 21 heavy (non-hydrogen) atoms. The third-order valence-electron chi connectivity index (χ3n) is 3.09. The third kappa shape index (κ3) is 3.23. The molecule has 7 heteroatoms. The van der Waals surface area contributed by atoms with Gasteiger partial charge in [0, 0.05) is 4.90 Å². The van der Waals surface area contributed by atoms with Crippen molar-refractivity contribution in [2.75, 3.05) is 12.3 Å². The lowest BCUT2D eigenvalue weighted by Gasteiger charge is -2.32. The molecule has 2 rings (SSSR count). The van der Waals surface area contributed by atoms with Gasteiger partial charge in [0.2, 0.25) is 11.8 Å². The Morgan fingerprint density at radius 1 is 1.48 bits per heavy atom. The largest absolute Gasteiger partial charge is 0.318 e. The van der Waals surface area contributed by atoms with Gasteiger partial charge in [-0.1, -0.05) is 12.1 Å². The molecule has 1 atom stereocenters. The van der Waals surface area contributed by atoms with Crippen LogP contribution in [0, 0.1) is 11.3 Å². The van der Waals surface area contributed by atoms with Crippen molar-refractivity contribution in [3.05, 3.63) is 29.8 Å². The molecule has 1 aromatic carbocycles. The lowest BCUT2D eigenvalue weighted by molar-refractivity contribution is -0.138. The van der Waals surface area contributed by atoms with Gasteiger partial charge in [-0.2, -0.15) is 5.26 Å². The zero-order valence-corrected chi connectivity index (χ0v) is 12.1. The molecular formula is C14H13N3O3S. The lowest BCUT2D eigenvalue weighted by atomic mass is 10.1. The van der Waals surface area contributed by atoms with Gasteiger partial charge in [0.25, 0.3) is 5.91 Å². The Bertz CT molecular complexity index is 639. The molecule has 0 radical (unpaired) electrons. The van der Waals surface area contributed by atoms with Crippen molar-refractivity contribution in [2.45, 2.75) is 17.9 Å². The number of thioether (sulfide) groups is 1. The number of nitrogens with zero attached hydrogens (tertiary/aromatic N) is 2. The maximum Gasteiger partial charge on any atom is 0.256 e. The van der Waals surface area contributed by atoms with Crippen LogP contribution in [0.1, 0.15) is 17.3 Å². The highest BCUT2D eigenvalue weighted by Gasteiger charge is 2.34. The first kappa shape index (κ1) is 15.1. The molecule has 0 aliphatic carbocycles. The van der Waals surface area contributed by atoms with Crippen molar-refractivity contribution in [1.29, 1.82) is 5.26 Å². The summed E-state index contributed by atoms with van der Waals surface area (Å²) >= 11 is 1.25. The fourth-order valence-electron chi connectivity index (χ4n) is 2.00. The van der Waals surface area contributed by atoms with E-state index in [4.69, 9.17) is 5.26 Å². The number of hydrogen-bond acceptors (Lipinski definition) is 5. The van der Waals surface area contributed by atoms with Crippen LogP contribution >= 0.6 is 11.8 Å². The van der Waals surface area contributed by atoms with Crippen molar-refractivity contribution < 1.29 is 14.4 Å². The second kappa shape index (κ2) is 6.41. The van der Waals surface area contributed by atoms with Crippen molar-refractivity contribution >= 4 is 29.5 Å². The second-order valence-corrected chi connectivity index (χ2v) is 5.48. The first-order valence-corrected chi connectivity index (χ1v) is 7.26. The molecule has 0 spiro atoms. The van der Waals surface area contributed by atoms with Gasteiger partial charge in [-0.25, -0.2) is 0 Å². The summed E-state index contributed by atoms with van der Waals surface area (Å²) in [6.07, 6.45) is 0. The molecule has 108 valence electrons. The van der Waals surface area contributed by atoms with Crippen molar-refractivity contribution in [1.82, 2.24) is 10.2 Å². The smallest absolute Gasteiger partial charge is 0.256 e. The zero-order valence-electron chi connectivity index (χ0n) is 11.3. The Morgan fingerprint density at radius 3 is 2.90 bits per heavy atom. The highest BCUT2D eigenvalue weighted by Crippen LogP contribution is 2.24. The molecule has 1 aliphatic rings. The molecule has 1 aromatic rings. The Morgan fingerprint density at radius 2 is 2.19 bits per heavy atom. The summed E-state index contributed by atoms with van der Waals surface area (Å²) in [4.78, 5) is 37.6. The topological polar surface area (TPSA) is 90.3 Å². The van der Waals surface area contributed by atoms with E-state index in [9.17, 15) is 14.4 Å². The van der Waals surface area contributed by atoms with Gasteiger partial charge >= 0.3 is 0 Å². The number of nitriles is 1. The predicted molar refractivity (Wildman–Crippen MR) is 76.4 cm³/mol. The van der Waals surface area contributed by atoms with Gasteiger partial charge in [-0.05, 0) is 19.1 Å². The molecule has 3 amide bonds. The number of piperazine rings is 1. The molecule has 1 fully saturated rings. The second-order valence-electron chi connectivity index (χ2n) is 4.46. The molecule has 1 unspecified atom stereocenters. The molecule has 0 saturated carbocycles. The quantitative estimate of drug-likeness (QED) is 0.658. The monoisotopic (exact) mass is 303 g/mol. The van der Waals surface area contributed by atoms with Gasteiger partial charge in [0.05, 0.1) is 17.4 Å². The molecule has 0 bridgehead atoms. The fourth-order valence-corrected chi connectivity index (χ4v) is 2.70. The maximum atomic E-state index is 12.6. The molecule has 1 aliphatic heterocycles. The minimum atomic E-state index is -0.704. The number of carbonyl (C=O) groups is 3. The molecule has 1 heterocycles. The van der Waals surface area contributed by atoms with Crippen molar-refractivity contribution in [3.63, 3.8) is 0 Å². The fraction of sp³-hybridized carbons (Fsp3) is 0.286. The van der Waals surface area contributed by atoms with Crippen molar-refractivity contribution in [3.8, 4) is 6.07 Å².